The van der Waals surface area contributed by atoms with Crippen molar-refractivity contribution >= 4 is 16.9 Å². The number of hydrogen-bond acceptors (Lipinski definition) is 3. The average molecular weight is 391 g/mol. The summed E-state index contributed by atoms with van der Waals surface area (Å²) >= 11 is 0. The Hall–Kier alpha value is -3.15. The molecule has 1 heterocycles. The van der Waals surface area contributed by atoms with Gasteiger partial charge in [0.15, 0.2) is 0 Å². The average Bonchev–Trinajstić information content (AvgIpc) is 2.75. The zero-order valence-corrected chi connectivity index (χ0v) is 16.5. The maximum Gasteiger partial charge on any atom is 0.316 e. The molecule has 0 radical (unpaired) electrons. The Morgan fingerprint density at radius 3 is 2.48 bits per heavy atom. The Labute approximate surface area is 168 Å². The summed E-state index contributed by atoms with van der Waals surface area (Å²) in [5.74, 6) is 0.408. The molecule has 3 aromatic rings. The lowest BCUT2D eigenvalue weighted by molar-refractivity contribution is 0.0926. The Balaban J connectivity index is 1.46. The number of nitrogens with zero attached hydrogens (tertiary/aromatic N) is 1. The Kier molecular flexibility index (Phi) is 5.34. The molecule has 29 heavy (non-hydrogen) atoms. The number of aromatic nitrogens is 2. The summed E-state index contributed by atoms with van der Waals surface area (Å²) in [6.07, 6.45) is 4.02. The highest BCUT2D eigenvalue weighted by molar-refractivity contribution is 5.97. The van der Waals surface area contributed by atoms with Crippen molar-refractivity contribution in [2.24, 2.45) is 0 Å². The van der Waals surface area contributed by atoms with Gasteiger partial charge in [-0.15, -0.1) is 0 Å². The number of benzene rings is 2. The van der Waals surface area contributed by atoms with Crippen LogP contribution < -0.4 is 16.4 Å². The minimum atomic E-state index is -0.670. The molecule has 0 aliphatic heterocycles. The predicted octanol–water partition coefficient (Wildman–Crippen LogP) is 3.17. The molecule has 0 spiro atoms. The predicted molar refractivity (Wildman–Crippen MR) is 113 cm³/mol. The molecule has 150 valence electrons. The first-order valence-corrected chi connectivity index (χ1v) is 10.2. The number of rotatable bonds is 4. The van der Waals surface area contributed by atoms with E-state index in [1.54, 1.807) is 18.2 Å². The van der Waals surface area contributed by atoms with Crippen LogP contribution in [0.3, 0.4) is 0 Å². The number of carbonyl (C=O) groups is 1. The smallest absolute Gasteiger partial charge is 0.316 e. The molecule has 0 bridgehead atoms. The number of fused-ring (bicyclic) bond motifs is 1. The lowest BCUT2D eigenvalue weighted by Gasteiger charge is -2.29. The molecule has 0 saturated heterocycles. The fourth-order valence-corrected chi connectivity index (χ4v) is 4.30. The molecule has 4 rings (SSSR count). The molecular weight excluding hydrogens is 366 g/mol. The van der Waals surface area contributed by atoms with Crippen LogP contribution in [0.25, 0.3) is 11.0 Å². The third-order valence-corrected chi connectivity index (χ3v) is 5.89. The molecule has 1 aliphatic carbocycles. The van der Waals surface area contributed by atoms with Gasteiger partial charge in [-0.3, -0.25) is 14.4 Å². The third kappa shape index (κ3) is 3.88. The summed E-state index contributed by atoms with van der Waals surface area (Å²) < 4.78 is 1.42. The summed E-state index contributed by atoms with van der Waals surface area (Å²) in [5, 5.41) is 3.13. The van der Waals surface area contributed by atoms with Gasteiger partial charge in [-0.1, -0.05) is 30.3 Å². The number of nitrogens with one attached hydrogen (secondary N) is 2. The van der Waals surface area contributed by atoms with E-state index in [2.05, 4.69) is 34.6 Å². The largest absolute Gasteiger partial charge is 0.349 e. The quantitative estimate of drug-likeness (QED) is 0.670. The number of aromatic amines is 1. The standard InChI is InChI=1S/C23H25N3O3/c1-2-26-20-13-10-17(14-19(20)25-22(28)23(26)29)21(27)24-18-11-8-16(9-12-18)15-6-4-3-5-7-15/h3-7,10,13-14,16,18H,2,8-9,11-12H2,1H3,(H,24,27)(H,25,28). The van der Waals surface area contributed by atoms with E-state index in [4.69, 9.17) is 0 Å². The molecule has 1 aromatic heterocycles. The summed E-state index contributed by atoms with van der Waals surface area (Å²) in [6, 6.07) is 15.8. The summed E-state index contributed by atoms with van der Waals surface area (Å²) in [7, 11) is 0. The molecule has 1 aliphatic rings. The van der Waals surface area contributed by atoms with Gasteiger partial charge in [0.05, 0.1) is 11.0 Å². The highest BCUT2D eigenvalue weighted by Gasteiger charge is 2.24. The van der Waals surface area contributed by atoms with Crippen LogP contribution in [0.1, 0.15) is 54.4 Å². The maximum absolute atomic E-state index is 12.7. The van der Waals surface area contributed by atoms with Crippen LogP contribution in [0.2, 0.25) is 0 Å². The van der Waals surface area contributed by atoms with E-state index >= 15 is 0 Å². The SMILES string of the molecule is CCn1c(=O)c(=O)[nH]c2cc(C(=O)NC3CCC(c4ccccc4)CC3)ccc21. The van der Waals surface area contributed by atoms with Gasteiger partial charge in [0.2, 0.25) is 0 Å². The Morgan fingerprint density at radius 1 is 1.07 bits per heavy atom. The van der Waals surface area contributed by atoms with Gasteiger partial charge in [-0.2, -0.15) is 0 Å². The Morgan fingerprint density at radius 2 is 1.79 bits per heavy atom. The van der Waals surface area contributed by atoms with Gasteiger partial charge in [0.1, 0.15) is 0 Å². The van der Waals surface area contributed by atoms with E-state index in [-0.39, 0.29) is 11.9 Å². The number of hydrogen-bond donors (Lipinski definition) is 2. The van der Waals surface area contributed by atoms with Crippen molar-refractivity contribution in [3.8, 4) is 0 Å². The highest BCUT2D eigenvalue weighted by Crippen LogP contribution is 2.32. The van der Waals surface area contributed by atoms with Crippen LogP contribution in [0, 0.1) is 0 Å². The molecule has 0 atom stereocenters. The molecule has 1 fully saturated rings. The minimum absolute atomic E-state index is 0.148. The summed E-state index contributed by atoms with van der Waals surface area (Å²) in [5.41, 5.74) is 1.73. The van der Waals surface area contributed by atoms with Crippen molar-refractivity contribution in [2.75, 3.05) is 0 Å². The van der Waals surface area contributed by atoms with E-state index in [0.717, 1.165) is 25.7 Å². The van der Waals surface area contributed by atoms with Crippen molar-refractivity contribution in [3.05, 3.63) is 80.4 Å². The molecule has 6 heteroatoms. The van der Waals surface area contributed by atoms with Crippen LogP contribution >= 0.6 is 0 Å². The van der Waals surface area contributed by atoms with Gasteiger partial charge in [0.25, 0.3) is 5.91 Å². The second-order valence-corrected chi connectivity index (χ2v) is 7.67. The molecule has 6 nitrogen and oxygen atoms in total. The normalized spacial score (nSPS) is 19.2. The molecule has 2 N–H and O–H groups in total. The minimum Gasteiger partial charge on any atom is -0.349 e. The van der Waals surface area contributed by atoms with E-state index in [0.29, 0.717) is 29.1 Å². The molecule has 2 aromatic carbocycles. The van der Waals surface area contributed by atoms with Crippen LogP contribution in [0.15, 0.2) is 58.1 Å². The third-order valence-electron chi connectivity index (χ3n) is 5.89. The van der Waals surface area contributed by atoms with Crippen molar-refractivity contribution in [1.82, 2.24) is 14.9 Å². The van der Waals surface area contributed by atoms with Crippen molar-refractivity contribution < 1.29 is 4.79 Å². The monoisotopic (exact) mass is 391 g/mol. The molecule has 0 unspecified atom stereocenters. The Bertz CT molecular complexity index is 1140. The topological polar surface area (TPSA) is 84.0 Å². The fourth-order valence-electron chi connectivity index (χ4n) is 4.30. The van der Waals surface area contributed by atoms with E-state index in [1.165, 1.54) is 10.1 Å². The van der Waals surface area contributed by atoms with Crippen LogP contribution in [-0.4, -0.2) is 21.5 Å². The first-order chi connectivity index (χ1) is 14.1. The summed E-state index contributed by atoms with van der Waals surface area (Å²) in [6.45, 7) is 2.21. The zero-order chi connectivity index (χ0) is 20.4. The molecule has 1 saturated carbocycles. The van der Waals surface area contributed by atoms with Gasteiger partial charge in [-0.05, 0) is 62.3 Å². The van der Waals surface area contributed by atoms with Crippen molar-refractivity contribution in [2.45, 2.75) is 51.1 Å². The number of carbonyl (C=O) groups excluding carboxylic acids is 1. The zero-order valence-electron chi connectivity index (χ0n) is 16.5. The van der Waals surface area contributed by atoms with Gasteiger partial charge in [0, 0.05) is 18.2 Å². The number of H-pyrrole nitrogens is 1. The fraction of sp³-hybridized carbons (Fsp3) is 0.348. The van der Waals surface area contributed by atoms with Gasteiger partial charge < -0.3 is 14.9 Å². The van der Waals surface area contributed by atoms with Gasteiger partial charge in [-0.25, -0.2) is 0 Å². The second-order valence-electron chi connectivity index (χ2n) is 7.67. The van der Waals surface area contributed by atoms with Crippen molar-refractivity contribution in [1.29, 1.82) is 0 Å². The van der Waals surface area contributed by atoms with E-state index in [9.17, 15) is 14.4 Å². The lowest BCUT2D eigenvalue weighted by Crippen LogP contribution is -2.38. The molecular formula is C23H25N3O3. The maximum atomic E-state index is 12.7. The first-order valence-electron chi connectivity index (χ1n) is 10.2. The second kappa shape index (κ2) is 8.07. The van der Waals surface area contributed by atoms with Crippen LogP contribution in [0.5, 0.6) is 0 Å². The number of aryl methyl sites for hydroxylation is 1. The summed E-state index contributed by atoms with van der Waals surface area (Å²) in [4.78, 5) is 39.2. The van der Waals surface area contributed by atoms with Crippen LogP contribution in [-0.2, 0) is 6.54 Å². The number of amides is 1. The lowest BCUT2D eigenvalue weighted by atomic mass is 9.82. The van der Waals surface area contributed by atoms with Crippen LogP contribution in [0.4, 0.5) is 0 Å². The van der Waals surface area contributed by atoms with E-state index < -0.39 is 11.1 Å². The molecule has 1 amide bonds. The first kappa shape index (κ1) is 19.2. The highest BCUT2D eigenvalue weighted by atomic mass is 16.2. The van der Waals surface area contributed by atoms with E-state index in [1.807, 2.05) is 13.0 Å². The van der Waals surface area contributed by atoms with Crippen molar-refractivity contribution in [3.63, 3.8) is 0 Å². The van der Waals surface area contributed by atoms with Gasteiger partial charge >= 0.3 is 11.1 Å².